The summed E-state index contributed by atoms with van der Waals surface area (Å²) in [6.07, 6.45) is -0.450. The van der Waals surface area contributed by atoms with E-state index in [0.29, 0.717) is 0 Å². The molecule has 0 aliphatic carbocycles. The highest BCUT2D eigenvalue weighted by atomic mass is 32.1. The van der Waals surface area contributed by atoms with Gasteiger partial charge in [-0.3, -0.25) is 0 Å². The Morgan fingerprint density at radius 3 is 2.53 bits per heavy atom. The van der Waals surface area contributed by atoms with E-state index in [1.807, 2.05) is 24.3 Å². The molecule has 17 heavy (non-hydrogen) atoms. The van der Waals surface area contributed by atoms with Gasteiger partial charge in [-0.05, 0) is 31.4 Å². The summed E-state index contributed by atoms with van der Waals surface area (Å²) in [4.78, 5) is 1.30. The van der Waals surface area contributed by atoms with Crippen LogP contribution < -0.4 is 5.32 Å². The first kappa shape index (κ1) is 12.1. The van der Waals surface area contributed by atoms with E-state index in [1.54, 1.807) is 18.3 Å². The lowest BCUT2D eigenvalue weighted by Gasteiger charge is -2.18. The molecular formula is C14H17NOS. The van der Waals surface area contributed by atoms with Crippen molar-refractivity contribution in [2.75, 3.05) is 5.32 Å². The van der Waals surface area contributed by atoms with E-state index in [4.69, 9.17) is 0 Å². The molecule has 2 N–H and O–H groups in total. The summed E-state index contributed by atoms with van der Waals surface area (Å²) < 4.78 is 0. The van der Waals surface area contributed by atoms with Gasteiger partial charge in [-0.15, -0.1) is 11.3 Å². The van der Waals surface area contributed by atoms with Gasteiger partial charge in [-0.2, -0.15) is 0 Å². The first-order valence-electron chi connectivity index (χ1n) is 5.75. The van der Waals surface area contributed by atoms with Crippen molar-refractivity contribution >= 4 is 17.0 Å². The molecule has 1 aromatic carbocycles. The molecule has 2 atom stereocenters. The standard InChI is InChI=1S/C14H17NOS/c1-10(14-8-5-9-17-14)15-13-7-4-3-6-12(13)11(2)16/h3-11,15-16H,1-2H3. The Labute approximate surface area is 106 Å². The Kier molecular flexibility index (Phi) is 3.82. The quantitative estimate of drug-likeness (QED) is 0.856. The lowest BCUT2D eigenvalue weighted by molar-refractivity contribution is 0.200. The first-order chi connectivity index (χ1) is 8.18. The monoisotopic (exact) mass is 247 g/mol. The van der Waals surface area contributed by atoms with E-state index in [1.165, 1.54) is 4.88 Å². The predicted molar refractivity (Wildman–Crippen MR) is 73.4 cm³/mol. The first-order valence-corrected chi connectivity index (χ1v) is 6.63. The van der Waals surface area contributed by atoms with Crippen LogP contribution in [0.5, 0.6) is 0 Å². The molecule has 2 nitrogen and oxygen atoms in total. The third kappa shape index (κ3) is 2.87. The minimum Gasteiger partial charge on any atom is -0.389 e. The molecule has 0 amide bonds. The van der Waals surface area contributed by atoms with E-state index >= 15 is 0 Å². The average molecular weight is 247 g/mol. The largest absolute Gasteiger partial charge is 0.389 e. The van der Waals surface area contributed by atoms with E-state index in [0.717, 1.165) is 11.3 Å². The lowest BCUT2D eigenvalue weighted by atomic mass is 10.1. The molecule has 0 fully saturated rings. The Morgan fingerprint density at radius 1 is 1.12 bits per heavy atom. The Hall–Kier alpha value is -1.32. The minimum atomic E-state index is -0.450. The summed E-state index contributed by atoms with van der Waals surface area (Å²) in [6.45, 7) is 3.92. The van der Waals surface area contributed by atoms with Crippen molar-refractivity contribution in [2.24, 2.45) is 0 Å². The molecule has 2 aromatic rings. The van der Waals surface area contributed by atoms with Gasteiger partial charge in [0.15, 0.2) is 0 Å². The molecule has 3 heteroatoms. The highest BCUT2D eigenvalue weighted by Gasteiger charge is 2.11. The summed E-state index contributed by atoms with van der Waals surface area (Å²) >= 11 is 1.74. The number of anilines is 1. The number of para-hydroxylation sites is 1. The Morgan fingerprint density at radius 2 is 1.88 bits per heavy atom. The zero-order chi connectivity index (χ0) is 12.3. The lowest BCUT2D eigenvalue weighted by Crippen LogP contribution is -2.08. The molecule has 0 saturated heterocycles. The number of hydrogen-bond acceptors (Lipinski definition) is 3. The fourth-order valence-corrected chi connectivity index (χ4v) is 2.57. The van der Waals surface area contributed by atoms with Gasteiger partial charge in [0.05, 0.1) is 12.1 Å². The second kappa shape index (κ2) is 5.34. The molecule has 0 aliphatic heterocycles. The van der Waals surface area contributed by atoms with Gasteiger partial charge >= 0.3 is 0 Å². The van der Waals surface area contributed by atoms with Crippen LogP contribution >= 0.6 is 11.3 Å². The molecule has 0 bridgehead atoms. The predicted octanol–water partition coefficient (Wildman–Crippen LogP) is 3.97. The highest BCUT2D eigenvalue weighted by molar-refractivity contribution is 7.10. The van der Waals surface area contributed by atoms with E-state index in [2.05, 4.69) is 29.8 Å². The molecule has 0 spiro atoms. The van der Waals surface area contributed by atoms with Gasteiger partial charge in [-0.1, -0.05) is 24.3 Å². The molecule has 2 rings (SSSR count). The van der Waals surface area contributed by atoms with Crippen LogP contribution in [0.1, 0.15) is 36.4 Å². The normalized spacial score (nSPS) is 14.3. The number of aliphatic hydroxyl groups excluding tert-OH is 1. The topological polar surface area (TPSA) is 32.3 Å². The van der Waals surface area contributed by atoms with Crippen molar-refractivity contribution in [3.05, 3.63) is 52.2 Å². The third-order valence-corrected chi connectivity index (χ3v) is 3.81. The fourth-order valence-electron chi connectivity index (χ4n) is 1.83. The Balaban J connectivity index is 2.18. The number of aliphatic hydroxyl groups is 1. The molecule has 2 unspecified atom stereocenters. The maximum atomic E-state index is 9.71. The third-order valence-electron chi connectivity index (χ3n) is 2.75. The van der Waals surface area contributed by atoms with Crippen LogP contribution in [0.25, 0.3) is 0 Å². The van der Waals surface area contributed by atoms with Crippen LogP contribution in [0.2, 0.25) is 0 Å². The van der Waals surface area contributed by atoms with Crippen molar-refractivity contribution in [3.8, 4) is 0 Å². The number of thiophene rings is 1. The molecule has 90 valence electrons. The molecule has 0 saturated carbocycles. The van der Waals surface area contributed by atoms with Crippen LogP contribution in [0.3, 0.4) is 0 Å². The summed E-state index contributed by atoms with van der Waals surface area (Å²) in [5, 5.41) is 15.2. The van der Waals surface area contributed by atoms with Crippen molar-refractivity contribution in [2.45, 2.75) is 26.0 Å². The van der Waals surface area contributed by atoms with Crippen molar-refractivity contribution < 1.29 is 5.11 Å². The van der Waals surface area contributed by atoms with E-state index < -0.39 is 6.10 Å². The van der Waals surface area contributed by atoms with Crippen LogP contribution in [0.4, 0.5) is 5.69 Å². The maximum Gasteiger partial charge on any atom is 0.0781 e. The molecular weight excluding hydrogens is 230 g/mol. The number of rotatable bonds is 4. The molecule has 0 aliphatic rings. The maximum absolute atomic E-state index is 9.71. The van der Waals surface area contributed by atoms with Crippen molar-refractivity contribution in [3.63, 3.8) is 0 Å². The van der Waals surface area contributed by atoms with Gasteiger partial charge in [0.2, 0.25) is 0 Å². The van der Waals surface area contributed by atoms with Crippen LogP contribution in [-0.2, 0) is 0 Å². The number of nitrogens with one attached hydrogen (secondary N) is 1. The van der Waals surface area contributed by atoms with Crippen LogP contribution in [0, 0.1) is 0 Å². The number of benzene rings is 1. The van der Waals surface area contributed by atoms with Gasteiger partial charge in [0.25, 0.3) is 0 Å². The SMILES string of the molecule is CC(O)c1ccccc1NC(C)c1cccs1. The van der Waals surface area contributed by atoms with Crippen LogP contribution in [0.15, 0.2) is 41.8 Å². The smallest absolute Gasteiger partial charge is 0.0781 e. The summed E-state index contributed by atoms with van der Waals surface area (Å²) in [6, 6.07) is 12.3. The minimum absolute atomic E-state index is 0.259. The zero-order valence-corrected chi connectivity index (χ0v) is 10.9. The van der Waals surface area contributed by atoms with E-state index in [9.17, 15) is 5.11 Å². The summed E-state index contributed by atoms with van der Waals surface area (Å²) in [5.74, 6) is 0. The van der Waals surface area contributed by atoms with Gasteiger partial charge in [0.1, 0.15) is 0 Å². The second-order valence-electron chi connectivity index (χ2n) is 4.14. The number of hydrogen-bond donors (Lipinski definition) is 2. The second-order valence-corrected chi connectivity index (χ2v) is 5.12. The summed E-state index contributed by atoms with van der Waals surface area (Å²) in [7, 11) is 0. The Bertz CT molecular complexity index is 465. The molecule has 0 radical (unpaired) electrons. The van der Waals surface area contributed by atoms with Crippen molar-refractivity contribution in [1.29, 1.82) is 0 Å². The van der Waals surface area contributed by atoms with Crippen LogP contribution in [-0.4, -0.2) is 5.11 Å². The molecule has 1 heterocycles. The fraction of sp³-hybridized carbons (Fsp3) is 0.286. The zero-order valence-electron chi connectivity index (χ0n) is 10.1. The van der Waals surface area contributed by atoms with Crippen molar-refractivity contribution in [1.82, 2.24) is 0 Å². The average Bonchev–Trinajstić information content (AvgIpc) is 2.83. The van der Waals surface area contributed by atoms with Gasteiger partial charge < -0.3 is 10.4 Å². The van der Waals surface area contributed by atoms with Gasteiger partial charge in [-0.25, -0.2) is 0 Å². The molecule has 1 aromatic heterocycles. The summed E-state index contributed by atoms with van der Waals surface area (Å²) in [5.41, 5.74) is 1.94. The highest BCUT2D eigenvalue weighted by Crippen LogP contribution is 2.28. The van der Waals surface area contributed by atoms with Gasteiger partial charge in [0, 0.05) is 16.1 Å². The van der Waals surface area contributed by atoms with E-state index in [-0.39, 0.29) is 6.04 Å².